The largest absolute Gasteiger partial charge is 0.355 e. The van der Waals surface area contributed by atoms with E-state index in [1.165, 1.54) is 31.4 Å². The molecule has 32 heavy (non-hydrogen) atoms. The minimum Gasteiger partial charge on any atom is -0.355 e. The summed E-state index contributed by atoms with van der Waals surface area (Å²) in [6.45, 7) is 7.32. The number of fused-ring (bicyclic) bond motifs is 1. The topological polar surface area (TPSA) is 68.2 Å². The van der Waals surface area contributed by atoms with Crippen molar-refractivity contribution in [2.24, 2.45) is 10.9 Å². The van der Waals surface area contributed by atoms with Gasteiger partial charge in [0, 0.05) is 58.9 Å². The molecule has 0 aromatic heterocycles. The maximum absolute atomic E-state index is 11.6. The summed E-state index contributed by atoms with van der Waals surface area (Å²) in [7, 11) is -0.947. The fraction of sp³-hybridized carbons (Fsp3) is 0.696. The molecule has 3 aliphatic rings. The average molecular weight is 576 g/mol. The summed E-state index contributed by atoms with van der Waals surface area (Å²) in [5.74, 6) is 2.26. The molecular formula is C23H38IN5O2S. The monoisotopic (exact) mass is 575 g/mol. The Hall–Kier alpha value is -0.910. The Kier molecular flexibility index (Phi) is 9.63. The van der Waals surface area contributed by atoms with Gasteiger partial charge in [0.2, 0.25) is 0 Å². The van der Waals surface area contributed by atoms with Crippen molar-refractivity contribution in [2.75, 3.05) is 64.4 Å². The van der Waals surface area contributed by atoms with E-state index in [4.69, 9.17) is 0 Å². The van der Waals surface area contributed by atoms with Gasteiger partial charge < -0.3 is 10.2 Å². The molecule has 0 saturated carbocycles. The van der Waals surface area contributed by atoms with Gasteiger partial charge in [-0.15, -0.1) is 24.0 Å². The van der Waals surface area contributed by atoms with Crippen LogP contribution in [0.4, 0.5) is 0 Å². The van der Waals surface area contributed by atoms with Crippen LogP contribution in [0.1, 0.15) is 24.8 Å². The van der Waals surface area contributed by atoms with Gasteiger partial charge in [0.1, 0.15) is 0 Å². The molecule has 0 radical (unpaired) electrons. The highest BCUT2D eigenvalue weighted by Crippen LogP contribution is 2.31. The summed E-state index contributed by atoms with van der Waals surface area (Å²) in [5.41, 5.74) is 1.41. The highest BCUT2D eigenvalue weighted by atomic mass is 127. The third-order valence-electron chi connectivity index (χ3n) is 7.07. The number of hydrogen-bond acceptors (Lipinski definition) is 5. The van der Waals surface area contributed by atoms with Crippen LogP contribution < -0.4 is 5.32 Å². The number of sulfone groups is 1. The Morgan fingerprint density at radius 1 is 1.09 bits per heavy atom. The molecule has 3 heterocycles. The number of nitrogens with one attached hydrogen (secondary N) is 1. The number of halogens is 1. The zero-order valence-electron chi connectivity index (χ0n) is 19.2. The minimum absolute atomic E-state index is 0. The molecule has 0 bridgehead atoms. The lowest BCUT2D eigenvalue weighted by Gasteiger charge is -2.48. The molecule has 9 heteroatoms. The quantitative estimate of drug-likeness (QED) is 0.329. The van der Waals surface area contributed by atoms with Crippen LogP contribution in [0.5, 0.6) is 0 Å². The Balaban J connectivity index is 0.00000289. The predicted molar refractivity (Wildman–Crippen MR) is 141 cm³/mol. The van der Waals surface area contributed by atoms with Gasteiger partial charge in [0.05, 0.1) is 11.5 Å². The van der Waals surface area contributed by atoms with Crippen LogP contribution in [0.15, 0.2) is 35.3 Å². The van der Waals surface area contributed by atoms with Gasteiger partial charge in [-0.1, -0.05) is 30.3 Å². The SMILES string of the molecule is CN=C(NCCN1CCS(=O)(=O)CC1)N1CCC2C(CCCN2Cc2ccccc2)C1.I. The molecule has 2 unspecified atom stereocenters. The van der Waals surface area contributed by atoms with E-state index >= 15 is 0 Å². The zero-order valence-corrected chi connectivity index (χ0v) is 22.3. The first kappa shape index (κ1) is 25.7. The van der Waals surface area contributed by atoms with Gasteiger partial charge in [-0.3, -0.25) is 14.8 Å². The van der Waals surface area contributed by atoms with Crippen molar-refractivity contribution in [3.63, 3.8) is 0 Å². The molecule has 180 valence electrons. The van der Waals surface area contributed by atoms with E-state index in [1.54, 1.807) is 0 Å². The summed E-state index contributed by atoms with van der Waals surface area (Å²) in [6, 6.07) is 11.5. The van der Waals surface area contributed by atoms with E-state index in [0.717, 1.165) is 38.7 Å². The molecule has 1 aromatic carbocycles. The fourth-order valence-corrected chi connectivity index (χ4v) is 6.62. The van der Waals surface area contributed by atoms with Crippen molar-refractivity contribution in [3.05, 3.63) is 35.9 Å². The standard InChI is InChI=1S/C23H37N5O2S.HI/c1-24-23(25-10-13-26-14-16-31(29,30)17-15-26)28-12-9-22-21(19-28)8-5-11-27(22)18-20-6-3-2-4-7-20;/h2-4,6-7,21-22H,5,8-19H2,1H3,(H,24,25);1H. The normalized spacial score (nSPS) is 26.8. The molecular weight excluding hydrogens is 537 g/mol. The summed E-state index contributed by atoms with van der Waals surface area (Å²) in [6.07, 6.45) is 3.75. The first-order chi connectivity index (χ1) is 15.0. The van der Waals surface area contributed by atoms with Crippen molar-refractivity contribution < 1.29 is 8.42 Å². The highest BCUT2D eigenvalue weighted by molar-refractivity contribution is 14.0. The van der Waals surface area contributed by atoms with Crippen LogP contribution in [-0.4, -0.2) is 99.5 Å². The van der Waals surface area contributed by atoms with Crippen LogP contribution in [0, 0.1) is 5.92 Å². The Labute approximate surface area is 210 Å². The van der Waals surface area contributed by atoms with Gasteiger partial charge in [0.25, 0.3) is 0 Å². The Morgan fingerprint density at radius 3 is 2.56 bits per heavy atom. The lowest BCUT2D eigenvalue weighted by Crippen LogP contribution is -2.57. The van der Waals surface area contributed by atoms with Gasteiger partial charge in [-0.05, 0) is 37.3 Å². The van der Waals surface area contributed by atoms with E-state index < -0.39 is 9.84 Å². The van der Waals surface area contributed by atoms with Crippen molar-refractivity contribution in [1.82, 2.24) is 20.0 Å². The van der Waals surface area contributed by atoms with Crippen LogP contribution in [-0.2, 0) is 16.4 Å². The lowest BCUT2D eigenvalue weighted by atomic mass is 9.83. The lowest BCUT2D eigenvalue weighted by molar-refractivity contribution is 0.0372. The third-order valence-corrected chi connectivity index (χ3v) is 8.68. The summed E-state index contributed by atoms with van der Waals surface area (Å²) in [5, 5.41) is 3.52. The first-order valence-electron chi connectivity index (χ1n) is 11.7. The molecule has 3 aliphatic heterocycles. The molecule has 0 amide bonds. The van der Waals surface area contributed by atoms with E-state index in [0.29, 0.717) is 25.0 Å². The van der Waals surface area contributed by atoms with E-state index in [9.17, 15) is 8.42 Å². The molecule has 2 atom stereocenters. The number of nitrogens with zero attached hydrogens (tertiary/aromatic N) is 4. The number of hydrogen-bond donors (Lipinski definition) is 1. The van der Waals surface area contributed by atoms with Gasteiger partial charge in [0.15, 0.2) is 15.8 Å². The van der Waals surface area contributed by atoms with Crippen LogP contribution in [0.25, 0.3) is 0 Å². The van der Waals surface area contributed by atoms with Crippen LogP contribution in [0.3, 0.4) is 0 Å². The van der Waals surface area contributed by atoms with Crippen molar-refractivity contribution in [3.8, 4) is 0 Å². The number of benzene rings is 1. The summed E-state index contributed by atoms with van der Waals surface area (Å²) < 4.78 is 23.2. The molecule has 1 aromatic rings. The fourth-order valence-electron chi connectivity index (χ4n) is 5.35. The average Bonchev–Trinajstić information content (AvgIpc) is 2.78. The van der Waals surface area contributed by atoms with Crippen molar-refractivity contribution in [2.45, 2.75) is 31.8 Å². The maximum Gasteiger partial charge on any atom is 0.193 e. The first-order valence-corrected chi connectivity index (χ1v) is 13.5. The van der Waals surface area contributed by atoms with E-state index in [1.807, 2.05) is 7.05 Å². The molecule has 3 saturated heterocycles. The Morgan fingerprint density at radius 2 is 1.84 bits per heavy atom. The number of aliphatic imine (C=N–C) groups is 1. The van der Waals surface area contributed by atoms with E-state index in [-0.39, 0.29) is 35.5 Å². The number of likely N-dealkylation sites (tertiary alicyclic amines) is 2. The summed E-state index contributed by atoms with van der Waals surface area (Å²) >= 11 is 0. The van der Waals surface area contributed by atoms with Gasteiger partial charge >= 0.3 is 0 Å². The van der Waals surface area contributed by atoms with Crippen LogP contribution in [0.2, 0.25) is 0 Å². The second kappa shape index (κ2) is 12.0. The second-order valence-electron chi connectivity index (χ2n) is 9.13. The number of rotatable bonds is 5. The predicted octanol–water partition coefficient (Wildman–Crippen LogP) is 1.90. The van der Waals surface area contributed by atoms with Crippen LogP contribution >= 0.6 is 24.0 Å². The van der Waals surface area contributed by atoms with Gasteiger partial charge in [-0.2, -0.15) is 0 Å². The number of guanidine groups is 1. The molecule has 0 aliphatic carbocycles. The number of piperidine rings is 2. The van der Waals surface area contributed by atoms with Crippen molar-refractivity contribution >= 4 is 39.8 Å². The maximum atomic E-state index is 11.6. The Bertz CT molecular complexity index is 837. The summed E-state index contributed by atoms with van der Waals surface area (Å²) in [4.78, 5) is 11.9. The molecule has 3 fully saturated rings. The minimum atomic E-state index is -2.81. The zero-order chi connectivity index (χ0) is 21.7. The van der Waals surface area contributed by atoms with E-state index in [2.05, 4.69) is 55.3 Å². The smallest absolute Gasteiger partial charge is 0.193 e. The second-order valence-corrected chi connectivity index (χ2v) is 11.4. The third kappa shape index (κ3) is 6.80. The molecule has 0 spiro atoms. The highest BCUT2D eigenvalue weighted by Gasteiger charge is 2.36. The molecule has 7 nitrogen and oxygen atoms in total. The van der Waals surface area contributed by atoms with Gasteiger partial charge in [-0.25, -0.2) is 8.42 Å². The molecule has 1 N–H and O–H groups in total. The molecule has 4 rings (SSSR count). The van der Waals surface area contributed by atoms with Crippen molar-refractivity contribution in [1.29, 1.82) is 0 Å².